The van der Waals surface area contributed by atoms with E-state index in [-0.39, 0.29) is 27.4 Å². The minimum Gasteiger partial charge on any atom is -0.382 e. The summed E-state index contributed by atoms with van der Waals surface area (Å²) < 4.78 is 28.2. The van der Waals surface area contributed by atoms with Gasteiger partial charge < -0.3 is 5.73 Å². The molecule has 1 fully saturated rings. The number of nitrogens with two attached hydrogens (primary N) is 1. The molecule has 1 aliphatic heterocycles. The molecule has 10 heteroatoms. The van der Waals surface area contributed by atoms with Gasteiger partial charge in [0.2, 0.25) is 10.0 Å². The van der Waals surface area contributed by atoms with E-state index in [9.17, 15) is 23.7 Å². The van der Waals surface area contributed by atoms with E-state index >= 15 is 0 Å². The maximum Gasteiger partial charge on any atom is 0.291 e. The number of benzene rings is 2. The van der Waals surface area contributed by atoms with Crippen LogP contribution in [0.4, 0.5) is 5.82 Å². The maximum absolute atomic E-state index is 13.2. The van der Waals surface area contributed by atoms with Crippen LogP contribution in [0.2, 0.25) is 0 Å². The third-order valence-electron chi connectivity index (χ3n) is 6.43. The number of hydrogen-bond donors (Lipinski definition) is 1. The van der Waals surface area contributed by atoms with Gasteiger partial charge in [-0.3, -0.25) is 4.79 Å². The number of aromatic nitrogens is 1. The van der Waals surface area contributed by atoms with E-state index in [1.165, 1.54) is 16.4 Å². The third kappa shape index (κ3) is 4.90. The van der Waals surface area contributed by atoms with Crippen molar-refractivity contribution in [3.8, 4) is 23.3 Å². The lowest BCUT2D eigenvalue weighted by molar-refractivity contribution is 0.346. The van der Waals surface area contributed by atoms with Gasteiger partial charge in [0.05, 0.1) is 10.6 Å². The van der Waals surface area contributed by atoms with E-state index in [1.54, 1.807) is 31.2 Å². The van der Waals surface area contributed by atoms with Gasteiger partial charge in [0.25, 0.3) is 5.56 Å². The quantitative estimate of drug-likeness (QED) is 0.515. The Bertz CT molecular complexity index is 1620. The van der Waals surface area contributed by atoms with E-state index in [0.29, 0.717) is 29.9 Å². The van der Waals surface area contributed by atoms with Gasteiger partial charge in [0.15, 0.2) is 0 Å². The first-order valence-electron chi connectivity index (χ1n) is 11.8. The molecule has 2 N–H and O–H groups in total. The van der Waals surface area contributed by atoms with Crippen LogP contribution in [0.3, 0.4) is 0 Å². The highest BCUT2D eigenvalue weighted by Gasteiger charge is 2.26. The maximum atomic E-state index is 13.2. The normalized spacial score (nSPS) is 14.6. The van der Waals surface area contributed by atoms with Crippen molar-refractivity contribution in [3.63, 3.8) is 0 Å². The molecule has 1 aliphatic rings. The van der Waals surface area contributed by atoms with E-state index in [4.69, 9.17) is 5.73 Å². The van der Waals surface area contributed by atoms with Crippen LogP contribution in [0.25, 0.3) is 11.1 Å². The van der Waals surface area contributed by atoms with Crippen molar-refractivity contribution in [2.45, 2.75) is 38.0 Å². The first kappa shape index (κ1) is 25.8. The van der Waals surface area contributed by atoms with Crippen molar-refractivity contribution in [2.24, 2.45) is 5.10 Å². The lowest BCUT2D eigenvalue weighted by Crippen LogP contribution is -2.35. The predicted molar refractivity (Wildman–Crippen MR) is 141 cm³/mol. The largest absolute Gasteiger partial charge is 0.382 e. The fourth-order valence-electron chi connectivity index (χ4n) is 4.34. The monoisotopic (exact) mass is 514 g/mol. The first-order valence-corrected chi connectivity index (χ1v) is 13.2. The topological polar surface area (TPSA) is 145 Å². The summed E-state index contributed by atoms with van der Waals surface area (Å²) in [4.78, 5) is 13.4. The van der Waals surface area contributed by atoms with Crippen LogP contribution >= 0.6 is 0 Å². The molecule has 9 nitrogen and oxygen atoms in total. The Morgan fingerprint density at radius 2 is 1.54 bits per heavy atom. The van der Waals surface area contributed by atoms with Gasteiger partial charge in [-0.15, -0.1) is 0 Å². The zero-order valence-corrected chi connectivity index (χ0v) is 21.4. The Morgan fingerprint density at radius 3 is 2.11 bits per heavy atom. The average Bonchev–Trinajstić information content (AvgIpc) is 2.92. The number of sulfonamides is 1. The molecule has 0 spiro atoms. The van der Waals surface area contributed by atoms with Gasteiger partial charge in [-0.1, -0.05) is 48.4 Å². The molecule has 0 saturated carbocycles. The van der Waals surface area contributed by atoms with Crippen LogP contribution in [0, 0.1) is 29.6 Å². The zero-order chi connectivity index (χ0) is 26.7. The molecule has 0 radical (unpaired) electrons. The number of rotatable bonds is 5. The summed E-state index contributed by atoms with van der Waals surface area (Å²) in [5.74, 6) is -0.189. The number of nitriles is 2. The molecule has 0 amide bonds. The van der Waals surface area contributed by atoms with Crippen LogP contribution in [-0.2, 0) is 10.0 Å². The van der Waals surface area contributed by atoms with Crippen molar-refractivity contribution in [1.82, 2.24) is 8.98 Å². The van der Waals surface area contributed by atoms with Crippen LogP contribution < -0.4 is 11.3 Å². The lowest BCUT2D eigenvalue weighted by Gasteiger charge is -2.25. The molecular weight excluding hydrogens is 488 g/mol. The highest BCUT2D eigenvalue weighted by Crippen LogP contribution is 2.29. The summed E-state index contributed by atoms with van der Waals surface area (Å²) >= 11 is 0. The number of hydrogen-bond acceptors (Lipinski definition) is 7. The van der Waals surface area contributed by atoms with Crippen molar-refractivity contribution < 1.29 is 8.42 Å². The van der Waals surface area contributed by atoms with E-state index < -0.39 is 15.6 Å². The van der Waals surface area contributed by atoms with E-state index in [0.717, 1.165) is 29.5 Å². The highest BCUT2D eigenvalue weighted by molar-refractivity contribution is 7.89. The second-order valence-electron chi connectivity index (χ2n) is 8.89. The summed E-state index contributed by atoms with van der Waals surface area (Å²) in [6.45, 7) is 4.55. The molecule has 188 valence electrons. The Balaban J connectivity index is 1.76. The molecule has 0 bridgehead atoms. The molecule has 3 aromatic rings. The van der Waals surface area contributed by atoms with Gasteiger partial charge in [-0.05, 0) is 49.9 Å². The van der Waals surface area contributed by atoms with Gasteiger partial charge in [0, 0.05) is 18.7 Å². The van der Waals surface area contributed by atoms with Crippen molar-refractivity contribution in [3.05, 3.63) is 81.1 Å². The second-order valence-corrected chi connectivity index (χ2v) is 10.8. The standard InChI is InChI=1S/C27H26N6O3S/c1-18-6-8-21(9-7-18)25-23(16-28)26(30)33(27(34)24(25)17-29)31-19(2)20-10-12-22(13-11-20)37(35,36)32-14-4-3-5-15-32/h6-13H,3-5,14-15,30H2,1-2H3/b31-19+. The molecule has 0 aliphatic carbocycles. The summed E-state index contributed by atoms with van der Waals surface area (Å²) in [5, 5.41) is 24.0. The fourth-order valence-corrected chi connectivity index (χ4v) is 5.85. The minimum atomic E-state index is -3.58. The summed E-state index contributed by atoms with van der Waals surface area (Å²) in [6.07, 6.45) is 2.71. The molecule has 0 atom stereocenters. The number of aryl methyl sites for hydroxylation is 1. The minimum absolute atomic E-state index is 0.0282. The van der Waals surface area contributed by atoms with Crippen LogP contribution in [0.1, 0.15) is 48.4 Å². The van der Waals surface area contributed by atoms with Gasteiger partial charge in [-0.25, -0.2) is 8.42 Å². The van der Waals surface area contributed by atoms with E-state index in [1.807, 2.05) is 31.2 Å². The average molecular weight is 515 g/mol. The van der Waals surface area contributed by atoms with E-state index in [2.05, 4.69) is 5.10 Å². The third-order valence-corrected chi connectivity index (χ3v) is 8.34. The number of nitrogens with zero attached hydrogens (tertiary/aromatic N) is 5. The Hall–Kier alpha value is -4.25. The van der Waals surface area contributed by atoms with Crippen molar-refractivity contribution >= 4 is 21.6 Å². The number of pyridine rings is 1. The van der Waals surface area contributed by atoms with Gasteiger partial charge in [-0.2, -0.15) is 24.6 Å². The highest BCUT2D eigenvalue weighted by atomic mass is 32.2. The predicted octanol–water partition coefficient (Wildman–Crippen LogP) is 3.60. The first-order chi connectivity index (χ1) is 17.7. The van der Waals surface area contributed by atoms with Crippen LogP contribution in [-0.4, -0.2) is 36.2 Å². The molecule has 2 aromatic carbocycles. The molecule has 1 saturated heterocycles. The molecule has 2 heterocycles. The smallest absolute Gasteiger partial charge is 0.291 e. The molecule has 1 aromatic heterocycles. The SMILES string of the molecule is C/C(=N\n1c(N)c(C#N)c(-c2ccc(C)cc2)c(C#N)c1=O)c1ccc(S(=O)(=O)N2CCCCC2)cc1. The summed E-state index contributed by atoms with van der Waals surface area (Å²) in [5.41, 5.74) is 7.79. The number of anilines is 1. The van der Waals surface area contributed by atoms with Crippen molar-refractivity contribution in [1.29, 1.82) is 10.5 Å². The summed E-state index contributed by atoms with van der Waals surface area (Å²) in [7, 11) is -3.58. The Morgan fingerprint density at radius 1 is 0.946 bits per heavy atom. The lowest BCUT2D eigenvalue weighted by atomic mass is 9.96. The fraction of sp³-hybridized carbons (Fsp3) is 0.259. The molecule has 4 rings (SSSR count). The number of piperidine rings is 1. The van der Waals surface area contributed by atoms with Crippen LogP contribution in [0.15, 0.2) is 63.3 Å². The second kappa shape index (κ2) is 10.4. The summed E-state index contributed by atoms with van der Waals surface area (Å²) in [6, 6.07) is 17.2. The van der Waals surface area contributed by atoms with Gasteiger partial charge in [0.1, 0.15) is 29.1 Å². The number of nitrogen functional groups attached to an aromatic ring is 1. The Labute approximate surface area is 215 Å². The molecule has 0 unspecified atom stereocenters. The van der Waals surface area contributed by atoms with Crippen LogP contribution in [0.5, 0.6) is 0 Å². The van der Waals surface area contributed by atoms with Gasteiger partial charge >= 0.3 is 0 Å². The molecular formula is C27H26N6O3S. The zero-order valence-electron chi connectivity index (χ0n) is 20.6. The Kier molecular flexibility index (Phi) is 7.25. The van der Waals surface area contributed by atoms with Crippen molar-refractivity contribution in [2.75, 3.05) is 18.8 Å². The molecule has 37 heavy (non-hydrogen) atoms.